The number of piperazine rings is 1. The highest BCUT2D eigenvalue weighted by Crippen LogP contribution is 2.19. The summed E-state index contributed by atoms with van der Waals surface area (Å²) in [6.07, 6.45) is -1.19. The topological polar surface area (TPSA) is 102 Å². The van der Waals surface area contributed by atoms with Gasteiger partial charge in [0.2, 0.25) is 15.9 Å². The number of anilines is 1. The van der Waals surface area contributed by atoms with Gasteiger partial charge in [-0.3, -0.25) is 10.1 Å². The molecule has 0 bridgehead atoms. The number of nitrogens with zero attached hydrogens (tertiary/aromatic N) is 2. The van der Waals surface area contributed by atoms with E-state index in [2.05, 4.69) is 15.5 Å². The normalized spacial score (nSPS) is 26.8. The van der Waals surface area contributed by atoms with Crippen molar-refractivity contribution in [2.75, 3.05) is 37.6 Å². The van der Waals surface area contributed by atoms with E-state index in [4.69, 9.17) is 0 Å². The molecular formula is C14H20N4O4S. The van der Waals surface area contributed by atoms with Crippen LogP contribution < -0.4 is 15.5 Å². The summed E-state index contributed by atoms with van der Waals surface area (Å²) in [5.74, 6) is -0.665. The van der Waals surface area contributed by atoms with Crippen LogP contribution in [-0.4, -0.2) is 68.1 Å². The van der Waals surface area contributed by atoms with E-state index < -0.39 is 27.5 Å². The monoisotopic (exact) mass is 340 g/mol. The Labute approximate surface area is 135 Å². The van der Waals surface area contributed by atoms with Gasteiger partial charge in [-0.2, -0.15) is 4.31 Å². The smallest absolute Gasteiger partial charge is 0.244 e. The van der Waals surface area contributed by atoms with Crippen molar-refractivity contribution in [3.8, 4) is 0 Å². The first-order valence-corrected chi connectivity index (χ1v) is 8.99. The molecule has 0 aliphatic carbocycles. The molecule has 0 aromatic heterocycles. The molecule has 0 spiro atoms. The number of sulfonamides is 1. The molecule has 8 nitrogen and oxygen atoms in total. The van der Waals surface area contributed by atoms with Crippen LogP contribution in [0.5, 0.6) is 0 Å². The van der Waals surface area contributed by atoms with Crippen molar-refractivity contribution in [2.24, 2.45) is 0 Å². The molecule has 1 amide bonds. The first-order valence-electron chi connectivity index (χ1n) is 7.49. The summed E-state index contributed by atoms with van der Waals surface area (Å²) in [6.45, 7) is 1.74. The van der Waals surface area contributed by atoms with E-state index in [0.717, 1.165) is 5.69 Å². The Morgan fingerprint density at radius 3 is 2.35 bits per heavy atom. The average Bonchev–Trinajstić information content (AvgIpc) is 2.55. The molecular weight excluding hydrogens is 320 g/mol. The predicted octanol–water partition coefficient (Wildman–Crippen LogP) is -1.50. The number of benzene rings is 1. The maximum atomic E-state index is 12.6. The largest absolute Gasteiger partial charge is 0.369 e. The van der Waals surface area contributed by atoms with Crippen LogP contribution in [0.25, 0.3) is 0 Å². The molecule has 0 radical (unpaired) electrons. The van der Waals surface area contributed by atoms with Gasteiger partial charge >= 0.3 is 0 Å². The summed E-state index contributed by atoms with van der Waals surface area (Å²) in [4.78, 5) is 14.0. The molecule has 2 aliphatic rings. The second-order valence-electron chi connectivity index (χ2n) is 5.57. The Morgan fingerprint density at radius 2 is 1.74 bits per heavy atom. The fourth-order valence-electron chi connectivity index (χ4n) is 2.85. The molecule has 3 N–H and O–H groups in total. The lowest BCUT2D eigenvalue weighted by Gasteiger charge is -2.37. The Kier molecular flexibility index (Phi) is 4.53. The Hall–Kier alpha value is -1.68. The van der Waals surface area contributed by atoms with Crippen molar-refractivity contribution in [1.29, 1.82) is 0 Å². The van der Waals surface area contributed by atoms with Crippen molar-refractivity contribution in [2.45, 2.75) is 11.6 Å². The summed E-state index contributed by atoms with van der Waals surface area (Å²) in [7, 11) is -3.74. The summed E-state index contributed by atoms with van der Waals surface area (Å²) < 4.78 is 26.6. The van der Waals surface area contributed by atoms with Crippen LogP contribution in [0, 0.1) is 0 Å². The first kappa shape index (κ1) is 16.2. The molecule has 2 unspecified atom stereocenters. The number of aliphatic hydroxyl groups is 1. The van der Waals surface area contributed by atoms with E-state index in [0.29, 0.717) is 26.2 Å². The zero-order valence-corrected chi connectivity index (χ0v) is 13.4. The number of carbonyl (C=O) groups is 1. The second kappa shape index (κ2) is 6.44. The number of hydrogen-bond donors (Lipinski definition) is 3. The summed E-state index contributed by atoms with van der Waals surface area (Å²) >= 11 is 0. The highest BCUT2D eigenvalue weighted by molar-refractivity contribution is 7.90. The van der Waals surface area contributed by atoms with Crippen molar-refractivity contribution >= 4 is 21.6 Å². The van der Waals surface area contributed by atoms with Gasteiger partial charge in [-0.15, -0.1) is 0 Å². The number of rotatable bonds is 3. The number of hydrogen-bond acceptors (Lipinski definition) is 6. The number of carbonyl (C=O) groups excluding carboxylic acids is 1. The standard InChI is InChI=1S/C14H20N4O4S/c19-13-12(10-15-14(20)16-13)23(21,22)18-8-6-17(7-9-18)11-4-2-1-3-5-11/h1-5,12,14-15,20H,6-10H2,(H,16,19). The van der Waals surface area contributed by atoms with Gasteiger partial charge in [0.15, 0.2) is 11.6 Å². The quantitative estimate of drug-likeness (QED) is 0.619. The van der Waals surface area contributed by atoms with E-state index in [9.17, 15) is 18.3 Å². The molecule has 23 heavy (non-hydrogen) atoms. The second-order valence-corrected chi connectivity index (χ2v) is 7.69. The van der Waals surface area contributed by atoms with E-state index in [-0.39, 0.29) is 6.54 Å². The molecule has 2 heterocycles. The molecule has 2 fully saturated rings. The van der Waals surface area contributed by atoms with Crippen LogP contribution in [0.15, 0.2) is 30.3 Å². The third-order valence-electron chi connectivity index (χ3n) is 4.15. The fraction of sp³-hybridized carbons (Fsp3) is 0.500. The minimum atomic E-state index is -3.74. The summed E-state index contributed by atoms with van der Waals surface area (Å²) in [5.41, 5.74) is 1.06. The molecule has 126 valence electrons. The van der Waals surface area contributed by atoms with E-state index in [1.807, 2.05) is 30.3 Å². The molecule has 2 aliphatic heterocycles. The van der Waals surface area contributed by atoms with Gasteiger partial charge in [0.1, 0.15) is 0 Å². The fourth-order valence-corrected chi connectivity index (χ4v) is 4.53. The van der Waals surface area contributed by atoms with Gasteiger partial charge in [-0.1, -0.05) is 18.2 Å². The van der Waals surface area contributed by atoms with Crippen LogP contribution >= 0.6 is 0 Å². The van der Waals surface area contributed by atoms with Crippen molar-refractivity contribution in [3.63, 3.8) is 0 Å². The van der Waals surface area contributed by atoms with Crippen LogP contribution in [0.3, 0.4) is 0 Å². The molecule has 2 atom stereocenters. The van der Waals surface area contributed by atoms with E-state index in [1.165, 1.54) is 4.31 Å². The zero-order chi connectivity index (χ0) is 16.4. The Morgan fingerprint density at radius 1 is 1.09 bits per heavy atom. The molecule has 0 saturated carbocycles. The van der Waals surface area contributed by atoms with Gasteiger partial charge in [-0.25, -0.2) is 8.42 Å². The van der Waals surface area contributed by atoms with Gasteiger partial charge in [-0.05, 0) is 12.1 Å². The third kappa shape index (κ3) is 3.32. The number of nitrogens with one attached hydrogen (secondary N) is 2. The number of amides is 1. The van der Waals surface area contributed by atoms with E-state index in [1.54, 1.807) is 0 Å². The third-order valence-corrected chi connectivity index (χ3v) is 6.33. The van der Waals surface area contributed by atoms with Crippen LogP contribution in [-0.2, 0) is 14.8 Å². The summed E-state index contributed by atoms with van der Waals surface area (Å²) in [6, 6.07) is 9.81. The van der Waals surface area contributed by atoms with Gasteiger partial charge < -0.3 is 15.3 Å². The number of para-hydroxylation sites is 1. The van der Waals surface area contributed by atoms with Crippen molar-refractivity contribution < 1.29 is 18.3 Å². The maximum absolute atomic E-state index is 12.6. The van der Waals surface area contributed by atoms with Gasteiger partial charge in [0, 0.05) is 38.4 Å². The number of aliphatic hydroxyl groups excluding tert-OH is 1. The minimum Gasteiger partial charge on any atom is -0.369 e. The lowest BCUT2D eigenvalue weighted by molar-refractivity contribution is -0.126. The van der Waals surface area contributed by atoms with Gasteiger partial charge in [0.25, 0.3) is 0 Å². The van der Waals surface area contributed by atoms with E-state index >= 15 is 0 Å². The minimum absolute atomic E-state index is 0.0891. The van der Waals surface area contributed by atoms with Crippen molar-refractivity contribution in [1.82, 2.24) is 14.9 Å². The molecule has 9 heteroatoms. The van der Waals surface area contributed by atoms with Crippen LogP contribution in [0.2, 0.25) is 0 Å². The molecule has 3 rings (SSSR count). The lowest BCUT2D eigenvalue weighted by Crippen LogP contribution is -2.63. The Balaban J connectivity index is 1.66. The lowest BCUT2D eigenvalue weighted by atomic mass is 10.2. The highest BCUT2D eigenvalue weighted by atomic mass is 32.2. The molecule has 1 aromatic carbocycles. The van der Waals surface area contributed by atoms with Crippen molar-refractivity contribution in [3.05, 3.63) is 30.3 Å². The predicted molar refractivity (Wildman–Crippen MR) is 85.1 cm³/mol. The van der Waals surface area contributed by atoms with Crippen LogP contribution in [0.4, 0.5) is 5.69 Å². The first-order chi connectivity index (χ1) is 11.0. The molecule has 2 saturated heterocycles. The highest BCUT2D eigenvalue weighted by Gasteiger charge is 2.41. The molecule has 1 aromatic rings. The zero-order valence-electron chi connectivity index (χ0n) is 12.6. The van der Waals surface area contributed by atoms with Gasteiger partial charge in [0.05, 0.1) is 0 Å². The average molecular weight is 340 g/mol. The summed E-state index contributed by atoms with van der Waals surface area (Å²) in [5, 5.41) is 12.8. The Bertz CT molecular complexity index is 659. The SMILES string of the molecule is O=C1NC(O)NCC1S(=O)(=O)N1CCN(c2ccccc2)CC1. The van der Waals surface area contributed by atoms with Crippen LogP contribution in [0.1, 0.15) is 0 Å². The maximum Gasteiger partial charge on any atom is 0.244 e.